The maximum atomic E-state index is 11.0. The van der Waals surface area contributed by atoms with Gasteiger partial charge >= 0.3 is 5.97 Å². The second-order valence-electron chi connectivity index (χ2n) is 5.57. The van der Waals surface area contributed by atoms with Gasteiger partial charge < -0.3 is 9.67 Å². The first-order chi connectivity index (χ1) is 9.15. The van der Waals surface area contributed by atoms with Crippen LogP contribution in [0.3, 0.4) is 0 Å². The van der Waals surface area contributed by atoms with Crippen LogP contribution in [-0.2, 0) is 6.54 Å². The minimum absolute atomic E-state index is 0.328. The Morgan fingerprint density at radius 3 is 3.00 bits per heavy atom. The quantitative estimate of drug-likeness (QED) is 0.920. The monoisotopic (exact) mass is 258 g/mol. The summed E-state index contributed by atoms with van der Waals surface area (Å²) >= 11 is 0. The van der Waals surface area contributed by atoms with E-state index < -0.39 is 5.97 Å². The summed E-state index contributed by atoms with van der Waals surface area (Å²) in [6.45, 7) is 3.25. The Balaban J connectivity index is 1.94. The highest BCUT2D eigenvalue weighted by Crippen LogP contribution is 2.33. The fourth-order valence-corrected chi connectivity index (χ4v) is 3.08. The van der Waals surface area contributed by atoms with E-state index in [1.165, 1.54) is 19.3 Å². The Labute approximate surface area is 112 Å². The normalized spacial score (nSPS) is 23.0. The molecule has 100 valence electrons. The number of aromatic nitrogens is 2. The second-order valence-corrected chi connectivity index (χ2v) is 5.57. The van der Waals surface area contributed by atoms with Gasteiger partial charge in [-0.1, -0.05) is 19.8 Å². The molecule has 1 N–H and O–H groups in total. The zero-order valence-corrected chi connectivity index (χ0v) is 11.0. The first-order valence-corrected chi connectivity index (χ1v) is 6.83. The van der Waals surface area contributed by atoms with Gasteiger partial charge in [-0.15, -0.1) is 0 Å². The maximum Gasteiger partial charge on any atom is 0.335 e. The number of hydrogen-bond acceptors (Lipinski definition) is 2. The largest absolute Gasteiger partial charge is 0.478 e. The van der Waals surface area contributed by atoms with Crippen molar-refractivity contribution < 1.29 is 9.90 Å². The molecular weight excluding hydrogens is 240 g/mol. The molecule has 1 saturated carbocycles. The minimum atomic E-state index is -0.885. The molecule has 1 aromatic heterocycles. The highest BCUT2D eigenvalue weighted by atomic mass is 16.4. The Kier molecular flexibility index (Phi) is 3.01. The Morgan fingerprint density at radius 2 is 2.32 bits per heavy atom. The van der Waals surface area contributed by atoms with Gasteiger partial charge in [0, 0.05) is 6.54 Å². The van der Waals surface area contributed by atoms with Gasteiger partial charge in [-0.2, -0.15) is 0 Å². The summed E-state index contributed by atoms with van der Waals surface area (Å²) in [5, 5.41) is 9.07. The molecule has 1 aromatic carbocycles. The van der Waals surface area contributed by atoms with Crippen LogP contribution in [0.15, 0.2) is 24.5 Å². The van der Waals surface area contributed by atoms with Gasteiger partial charge in [-0.3, -0.25) is 0 Å². The van der Waals surface area contributed by atoms with Crippen LogP contribution >= 0.6 is 0 Å². The summed E-state index contributed by atoms with van der Waals surface area (Å²) < 4.78 is 2.11. The van der Waals surface area contributed by atoms with E-state index in [0.29, 0.717) is 11.5 Å². The van der Waals surface area contributed by atoms with Gasteiger partial charge in [0.25, 0.3) is 0 Å². The zero-order chi connectivity index (χ0) is 13.4. The third-order valence-corrected chi connectivity index (χ3v) is 4.34. The third kappa shape index (κ3) is 2.23. The smallest absolute Gasteiger partial charge is 0.335 e. The lowest BCUT2D eigenvalue weighted by Gasteiger charge is -2.16. The first-order valence-electron chi connectivity index (χ1n) is 6.83. The molecule has 2 aromatic rings. The van der Waals surface area contributed by atoms with Gasteiger partial charge in [0.1, 0.15) is 0 Å². The van der Waals surface area contributed by atoms with E-state index in [0.717, 1.165) is 23.5 Å². The van der Waals surface area contributed by atoms with E-state index in [-0.39, 0.29) is 0 Å². The summed E-state index contributed by atoms with van der Waals surface area (Å²) in [5.41, 5.74) is 2.13. The van der Waals surface area contributed by atoms with Crippen LogP contribution in [0.5, 0.6) is 0 Å². The van der Waals surface area contributed by atoms with Crippen molar-refractivity contribution in [2.24, 2.45) is 11.8 Å². The molecule has 2 unspecified atom stereocenters. The predicted octanol–water partition coefficient (Wildman–Crippen LogP) is 3.17. The summed E-state index contributed by atoms with van der Waals surface area (Å²) in [5.74, 6) is 0.551. The summed E-state index contributed by atoms with van der Waals surface area (Å²) in [6.07, 6.45) is 5.71. The molecule has 4 heteroatoms. The first kappa shape index (κ1) is 12.2. The number of aromatic carboxylic acids is 1. The van der Waals surface area contributed by atoms with Crippen LogP contribution < -0.4 is 0 Å². The molecule has 3 rings (SSSR count). The van der Waals surface area contributed by atoms with Crippen molar-refractivity contribution in [3.8, 4) is 0 Å². The van der Waals surface area contributed by atoms with Gasteiger partial charge in [0.2, 0.25) is 0 Å². The van der Waals surface area contributed by atoms with E-state index in [4.69, 9.17) is 5.11 Å². The van der Waals surface area contributed by atoms with Crippen molar-refractivity contribution >= 4 is 17.0 Å². The molecule has 2 atom stereocenters. The maximum absolute atomic E-state index is 11.0. The molecule has 0 saturated heterocycles. The molecule has 0 bridgehead atoms. The van der Waals surface area contributed by atoms with Crippen LogP contribution in [0, 0.1) is 11.8 Å². The van der Waals surface area contributed by atoms with Crippen LogP contribution in [0.4, 0.5) is 0 Å². The number of imidazole rings is 1. The summed E-state index contributed by atoms with van der Waals surface area (Å²) in [7, 11) is 0. The molecule has 4 nitrogen and oxygen atoms in total. The lowest BCUT2D eigenvalue weighted by atomic mass is 9.98. The number of hydrogen-bond donors (Lipinski definition) is 1. The summed E-state index contributed by atoms with van der Waals surface area (Å²) in [6, 6.07) is 5.12. The molecule has 19 heavy (non-hydrogen) atoms. The molecule has 1 aliphatic carbocycles. The van der Waals surface area contributed by atoms with E-state index in [1.807, 2.05) is 6.33 Å². The summed E-state index contributed by atoms with van der Waals surface area (Å²) in [4.78, 5) is 15.4. The lowest BCUT2D eigenvalue weighted by molar-refractivity contribution is 0.0697. The number of carboxylic acids is 1. The Hall–Kier alpha value is -1.84. The number of rotatable bonds is 3. The zero-order valence-electron chi connectivity index (χ0n) is 11.0. The topological polar surface area (TPSA) is 55.1 Å². The number of carbonyl (C=O) groups is 1. The van der Waals surface area contributed by atoms with Crippen LogP contribution in [0.1, 0.15) is 36.5 Å². The molecule has 1 fully saturated rings. The second kappa shape index (κ2) is 4.68. The van der Waals surface area contributed by atoms with Crippen LogP contribution in [0.2, 0.25) is 0 Å². The van der Waals surface area contributed by atoms with Gasteiger partial charge in [-0.05, 0) is 36.5 Å². The lowest BCUT2D eigenvalue weighted by Crippen LogP contribution is -2.12. The van der Waals surface area contributed by atoms with E-state index in [9.17, 15) is 4.79 Å². The van der Waals surface area contributed by atoms with E-state index in [2.05, 4.69) is 16.5 Å². The minimum Gasteiger partial charge on any atom is -0.478 e. The molecule has 0 spiro atoms. The van der Waals surface area contributed by atoms with Gasteiger partial charge in [-0.25, -0.2) is 9.78 Å². The van der Waals surface area contributed by atoms with Gasteiger partial charge in [0.15, 0.2) is 0 Å². The molecule has 0 aliphatic heterocycles. The highest BCUT2D eigenvalue weighted by molar-refractivity contribution is 5.92. The standard InChI is InChI=1S/C15H18N2O2/c1-10-3-2-4-12(10)8-17-9-16-13-6-5-11(15(18)19)7-14(13)17/h5-7,9-10,12H,2-4,8H2,1H3,(H,18,19). The Bertz CT molecular complexity index is 618. The van der Waals surface area contributed by atoms with E-state index >= 15 is 0 Å². The third-order valence-electron chi connectivity index (χ3n) is 4.34. The van der Waals surface area contributed by atoms with Crippen molar-refractivity contribution in [1.29, 1.82) is 0 Å². The fourth-order valence-electron chi connectivity index (χ4n) is 3.08. The van der Waals surface area contributed by atoms with E-state index in [1.54, 1.807) is 18.2 Å². The molecular formula is C15H18N2O2. The average Bonchev–Trinajstić information content (AvgIpc) is 2.97. The van der Waals surface area contributed by atoms with Gasteiger partial charge in [0.05, 0.1) is 22.9 Å². The molecule has 1 heterocycles. The number of carboxylic acid groups (broad SMARTS) is 1. The van der Waals surface area contributed by atoms with Crippen LogP contribution in [-0.4, -0.2) is 20.6 Å². The van der Waals surface area contributed by atoms with Crippen molar-refractivity contribution in [3.63, 3.8) is 0 Å². The number of fused-ring (bicyclic) bond motifs is 1. The number of benzene rings is 1. The van der Waals surface area contributed by atoms with Crippen LogP contribution in [0.25, 0.3) is 11.0 Å². The van der Waals surface area contributed by atoms with Crippen molar-refractivity contribution in [2.75, 3.05) is 0 Å². The molecule has 0 amide bonds. The van der Waals surface area contributed by atoms with Crippen molar-refractivity contribution in [2.45, 2.75) is 32.7 Å². The predicted molar refractivity (Wildman–Crippen MR) is 73.2 cm³/mol. The molecule has 1 aliphatic rings. The fraction of sp³-hybridized carbons (Fsp3) is 0.467. The molecule has 0 radical (unpaired) electrons. The average molecular weight is 258 g/mol. The number of nitrogens with zero attached hydrogens (tertiary/aromatic N) is 2. The Morgan fingerprint density at radius 1 is 1.47 bits per heavy atom. The van der Waals surface area contributed by atoms with Crippen molar-refractivity contribution in [1.82, 2.24) is 9.55 Å². The van der Waals surface area contributed by atoms with Crippen molar-refractivity contribution in [3.05, 3.63) is 30.1 Å². The SMILES string of the molecule is CC1CCCC1Cn1cnc2ccc(C(=O)O)cc21. The highest BCUT2D eigenvalue weighted by Gasteiger charge is 2.24.